The number of nitrogens with one attached hydrogen (secondary N) is 2. The number of hydrogen-bond donors (Lipinski definition) is 3. The molecule has 0 spiro atoms. The van der Waals surface area contributed by atoms with Gasteiger partial charge in [0, 0.05) is 49.2 Å². The second kappa shape index (κ2) is 15.7. The maximum atomic E-state index is 14.1. The van der Waals surface area contributed by atoms with Gasteiger partial charge in [-0.15, -0.1) is 0 Å². The quantitative estimate of drug-likeness (QED) is 0.135. The predicted molar refractivity (Wildman–Crippen MR) is 217 cm³/mol. The van der Waals surface area contributed by atoms with Crippen LogP contribution < -0.4 is 5.73 Å². The standard InChI is InChI=1S/C44H58N8O4/c1-7-27(23-55-6)39(25(2)3)43(53)50-16-8-10-34(50)41-46-21-32(48-41)28-12-13-30-19-37-31-15-14-29(20-38(31)56-24-52(37)36(30)18-28)33-22-47-42(49-33)35-11-9-17-51(35)44(54)40(45)26(4)5/h12-13,18-22,25-27,34-35,39-40H,7-11,14-17,23-24,45H2,1-6H3,(H,46,48)(H,47,49). The van der Waals surface area contributed by atoms with Crippen molar-refractivity contribution in [2.24, 2.45) is 29.4 Å². The topological polar surface area (TPSA) is 147 Å². The number of likely N-dealkylation sites (tertiary alicyclic amines) is 2. The van der Waals surface area contributed by atoms with E-state index in [1.807, 2.05) is 31.1 Å². The second-order valence-electron chi connectivity index (χ2n) is 16.9. The molecule has 3 aromatic heterocycles. The van der Waals surface area contributed by atoms with Gasteiger partial charge in [0.05, 0.1) is 53.1 Å². The average molecular weight is 763 g/mol. The number of nitrogens with two attached hydrogens (primary N) is 1. The molecule has 4 N–H and O–H groups in total. The molecular formula is C44H58N8O4. The molecule has 3 aliphatic heterocycles. The Morgan fingerprint density at radius 3 is 2.27 bits per heavy atom. The Morgan fingerprint density at radius 1 is 0.929 bits per heavy atom. The predicted octanol–water partition coefficient (Wildman–Crippen LogP) is 7.59. The number of aromatic amines is 2. The van der Waals surface area contributed by atoms with Gasteiger partial charge in [-0.25, -0.2) is 9.97 Å². The number of allylic oxidation sites excluding steroid dienone is 3. The lowest BCUT2D eigenvalue weighted by molar-refractivity contribution is -0.141. The number of carbonyl (C=O) groups is 2. The fourth-order valence-corrected chi connectivity index (χ4v) is 9.58. The summed E-state index contributed by atoms with van der Waals surface area (Å²) in [5.74, 6) is 3.21. The van der Waals surface area contributed by atoms with Crippen LogP contribution in [-0.2, 0) is 25.8 Å². The van der Waals surface area contributed by atoms with Crippen LogP contribution in [-0.4, -0.2) is 79.0 Å². The van der Waals surface area contributed by atoms with Crippen LogP contribution >= 0.6 is 0 Å². The van der Waals surface area contributed by atoms with Gasteiger partial charge in [-0.2, -0.15) is 0 Å². The number of fused-ring (bicyclic) bond motifs is 4. The number of imidazole rings is 2. The van der Waals surface area contributed by atoms with Crippen molar-refractivity contribution < 1.29 is 19.1 Å². The van der Waals surface area contributed by atoms with Gasteiger partial charge in [-0.1, -0.05) is 53.2 Å². The summed E-state index contributed by atoms with van der Waals surface area (Å²) < 4.78 is 14.2. The minimum Gasteiger partial charge on any atom is -0.472 e. The summed E-state index contributed by atoms with van der Waals surface area (Å²) in [4.78, 5) is 48.0. The van der Waals surface area contributed by atoms with E-state index in [4.69, 9.17) is 25.2 Å². The molecule has 4 aromatic rings. The van der Waals surface area contributed by atoms with E-state index in [1.54, 1.807) is 7.11 Å². The summed E-state index contributed by atoms with van der Waals surface area (Å²) in [7, 11) is 1.72. The molecule has 2 amide bonds. The van der Waals surface area contributed by atoms with Crippen molar-refractivity contribution in [2.45, 2.75) is 104 Å². The number of ether oxygens (including phenoxy) is 2. The molecule has 0 bridgehead atoms. The lowest BCUT2D eigenvalue weighted by atomic mass is 9.81. The van der Waals surface area contributed by atoms with Crippen molar-refractivity contribution in [3.05, 3.63) is 71.5 Å². The Morgan fingerprint density at radius 2 is 1.61 bits per heavy atom. The average Bonchev–Trinajstić information content (AvgIpc) is 4.05. The minimum atomic E-state index is -0.505. The van der Waals surface area contributed by atoms with Gasteiger partial charge in [0.25, 0.3) is 0 Å². The third kappa shape index (κ3) is 6.89. The molecule has 8 rings (SSSR count). The van der Waals surface area contributed by atoms with Crippen LogP contribution in [0.4, 0.5) is 0 Å². The van der Waals surface area contributed by atoms with Crippen molar-refractivity contribution in [3.8, 4) is 11.3 Å². The van der Waals surface area contributed by atoms with Gasteiger partial charge in [0.1, 0.15) is 17.4 Å². The van der Waals surface area contributed by atoms with E-state index in [2.05, 4.69) is 70.5 Å². The van der Waals surface area contributed by atoms with Gasteiger partial charge in [-0.3, -0.25) is 9.59 Å². The highest BCUT2D eigenvalue weighted by atomic mass is 16.5. The largest absolute Gasteiger partial charge is 0.472 e. The maximum Gasteiger partial charge on any atom is 0.240 e. The van der Waals surface area contributed by atoms with Crippen LogP contribution in [0.25, 0.3) is 33.3 Å². The van der Waals surface area contributed by atoms with Crippen LogP contribution in [0.3, 0.4) is 0 Å². The highest BCUT2D eigenvalue weighted by molar-refractivity contribution is 5.91. The molecule has 5 atom stereocenters. The smallest absolute Gasteiger partial charge is 0.240 e. The van der Waals surface area contributed by atoms with E-state index < -0.39 is 6.04 Å². The molecule has 12 heteroatoms. The first-order valence-corrected chi connectivity index (χ1v) is 20.7. The molecule has 0 radical (unpaired) electrons. The highest BCUT2D eigenvalue weighted by Gasteiger charge is 2.40. The zero-order valence-corrected chi connectivity index (χ0v) is 33.8. The fourth-order valence-electron chi connectivity index (χ4n) is 9.58. The molecule has 56 heavy (non-hydrogen) atoms. The molecule has 2 fully saturated rings. The summed E-state index contributed by atoms with van der Waals surface area (Å²) in [5.41, 5.74) is 13.9. The normalized spacial score (nSPS) is 21.4. The Hall–Kier alpha value is -4.68. The van der Waals surface area contributed by atoms with Gasteiger partial charge in [0.15, 0.2) is 6.73 Å². The first kappa shape index (κ1) is 38.2. The number of carbonyl (C=O) groups excluding carboxylic acids is 2. The number of aromatic nitrogens is 5. The van der Waals surface area contributed by atoms with Gasteiger partial charge < -0.3 is 39.5 Å². The zero-order valence-electron chi connectivity index (χ0n) is 33.8. The Bertz CT molecular complexity index is 2160. The summed E-state index contributed by atoms with van der Waals surface area (Å²) in [6.45, 7) is 12.9. The van der Waals surface area contributed by atoms with Gasteiger partial charge >= 0.3 is 0 Å². The zero-order chi connectivity index (χ0) is 39.2. The SMILES string of the molecule is CCC(COC)C(C(=O)N1CCCC1c1ncc(-c2ccc3cc4n(c3c2)COC2=C4CCC(c3cnc(C4CCCN4C(=O)C(N)C(C)C)[nH]3)=C2)[nH]1)C(C)C. The summed E-state index contributed by atoms with van der Waals surface area (Å²) in [6.07, 6.45) is 12.2. The molecule has 298 valence electrons. The van der Waals surface area contributed by atoms with Gasteiger partial charge in [-0.05, 0) is 80.1 Å². The lowest BCUT2D eigenvalue weighted by Crippen LogP contribution is -2.46. The number of methoxy groups -OCH3 is 1. The minimum absolute atomic E-state index is 0.00239. The molecule has 0 saturated carbocycles. The summed E-state index contributed by atoms with van der Waals surface area (Å²) in [6, 6.07) is 8.17. The first-order valence-electron chi connectivity index (χ1n) is 20.7. The van der Waals surface area contributed by atoms with E-state index in [0.717, 1.165) is 102 Å². The number of H-pyrrole nitrogens is 2. The lowest BCUT2D eigenvalue weighted by Gasteiger charge is -2.34. The Balaban J connectivity index is 1.00. The number of hydrogen-bond acceptors (Lipinski definition) is 7. The highest BCUT2D eigenvalue weighted by Crippen LogP contribution is 2.42. The van der Waals surface area contributed by atoms with Gasteiger partial charge in [0.2, 0.25) is 11.8 Å². The number of rotatable bonds is 12. The van der Waals surface area contributed by atoms with Crippen LogP contribution in [0.5, 0.6) is 0 Å². The van der Waals surface area contributed by atoms with E-state index in [1.165, 1.54) is 11.3 Å². The maximum absolute atomic E-state index is 14.1. The van der Waals surface area contributed by atoms with Crippen LogP contribution in [0.1, 0.15) is 115 Å². The van der Waals surface area contributed by atoms with Crippen molar-refractivity contribution in [1.82, 2.24) is 34.3 Å². The number of amides is 2. The first-order chi connectivity index (χ1) is 27.1. The summed E-state index contributed by atoms with van der Waals surface area (Å²) in [5, 5.41) is 1.16. The van der Waals surface area contributed by atoms with Crippen molar-refractivity contribution >= 4 is 33.9 Å². The van der Waals surface area contributed by atoms with Crippen LogP contribution in [0, 0.1) is 23.7 Å². The van der Waals surface area contributed by atoms with E-state index in [-0.39, 0.29) is 47.6 Å². The molecular weight excluding hydrogens is 705 g/mol. The monoisotopic (exact) mass is 762 g/mol. The van der Waals surface area contributed by atoms with Crippen molar-refractivity contribution in [3.63, 3.8) is 0 Å². The molecule has 6 heterocycles. The summed E-state index contributed by atoms with van der Waals surface area (Å²) >= 11 is 0. The van der Waals surface area contributed by atoms with Crippen molar-refractivity contribution in [2.75, 3.05) is 26.8 Å². The molecule has 2 saturated heterocycles. The number of nitrogens with zero attached hydrogens (tertiary/aromatic N) is 5. The Kier molecular flexibility index (Phi) is 10.7. The molecule has 4 aliphatic rings. The molecule has 5 unspecified atom stereocenters. The second-order valence-corrected chi connectivity index (χ2v) is 16.9. The van der Waals surface area contributed by atoms with E-state index in [0.29, 0.717) is 19.9 Å². The van der Waals surface area contributed by atoms with Crippen LogP contribution in [0.15, 0.2) is 48.5 Å². The van der Waals surface area contributed by atoms with E-state index >= 15 is 0 Å². The van der Waals surface area contributed by atoms with E-state index in [9.17, 15) is 9.59 Å². The number of benzene rings is 1. The van der Waals surface area contributed by atoms with Crippen molar-refractivity contribution in [1.29, 1.82) is 0 Å². The molecule has 12 nitrogen and oxygen atoms in total. The third-order valence-electron chi connectivity index (χ3n) is 12.8. The molecule has 1 aromatic carbocycles. The third-order valence-corrected chi connectivity index (χ3v) is 12.8. The molecule has 1 aliphatic carbocycles. The fraction of sp³-hybridized carbons (Fsp3) is 0.545. The Labute approximate surface area is 329 Å². The van der Waals surface area contributed by atoms with Crippen LogP contribution in [0.2, 0.25) is 0 Å².